The Balaban J connectivity index is 1.65. The molecule has 0 aliphatic carbocycles. The smallest absolute Gasteiger partial charge is 0.241 e. The number of carbonyl (C=O) groups excluding carboxylic acids is 1. The predicted octanol–water partition coefficient (Wildman–Crippen LogP) is 0.829. The van der Waals surface area contributed by atoms with E-state index < -0.39 is 0 Å². The zero-order valence-corrected chi connectivity index (χ0v) is 14.1. The number of piperazine rings is 1. The van der Waals surface area contributed by atoms with Crippen molar-refractivity contribution in [1.82, 2.24) is 19.9 Å². The molecule has 0 atom stereocenters. The molecule has 1 aliphatic rings. The standard InChI is InChI=1S/C17H22N6O/c1-21(8-5-14-3-6-18-7-4-14)15-11-16(20-13-19-15)23-10-9-22(2)17(24)12-23/h3-4,6-7,11,13H,5,8-10,12H2,1-2H3. The van der Waals surface area contributed by atoms with E-state index in [4.69, 9.17) is 0 Å². The van der Waals surface area contributed by atoms with Crippen molar-refractivity contribution in [2.75, 3.05) is 50.1 Å². The Labute approximate surface area is 142 Å². The largest absolute Gasteiger partial charge is 0.359 e. The maximum absolute atomic E-state index is 11.9. The zero-order chi connectivity index (χ0) is 16.9. The van der Waals surface area contributed by atoms with Gasteiger partial charge < -0.3 is 14.7 Å². The van der Waals surface area contributed by atoms with Gasteiger partial charge in [0.15, 0.2) is 0 Å². The molecule has 1 saturated heterocycles. The Bertz CT molecular complexity index is 692. The first-order valence-corrected chi connectivity index (χ1v) is 8.04. The van der Waals surface area contributed by atoms with E-state index in [1.54, 1.807) is 11.2 Å². The summed E-state index contributed by atoms with van der Waals surface area (Å²) >= 11 is 0. The molecule has 2 aromatic rings. The van der Waals surface area contributed by atoms with Crippen molar-refractivity contribution >= 4 is 17.5 Å². The third-order valence-electron chi connectivity index (χ3n) is 4.30. The first-order valence-electron chi connectivity index (χ1n) is 8.04. The predicted molar refractivity (Wildman–Crippen MR) is 93.1 cm³/mol. The second-order valence-corrected chi connectivity index (χ2v) is 6.00. The Morgan fingerprint density at radius 3 is 2.75 bits per heavy atom. The lowest BCUT2D eigenvalue weighted by atomic mass is 10.2. The number of anilines is 2. The molecule has 0 saturated carbocycles. The normalized spacial score (nSPS) is 14.8. The molecule has 1 amide bonds. The van der Waals surface area contributed by atoms with Crippen molar-refractivity contribution in [1.29, 1.82) is 0 Å². The van der Waals surface area contributed by atoms with Gasteiger partial charge in [-0.05, 0) is 24.1 Å². The molecule has 0 aromatic carbocycles. The molecule has 1 aliphatic heterocycles. The lowest BCUT2D eigenvalue weighted by molar-refractivity contribution is -0.129. The number of hydrogen-bond donors (Lipinski definition) is 0. The number of rotatable bonds is 5. The van der Waals surface area contributed by atoms with Gasteiger partial charge in [0.25, 0.3) is 0 Å². The topological polar surface area (TPSA) is 65.5 Å². The molecule has 0 bridgehead atoms. The van der Waals surface area contributed by atoms with Crippen LogP contribution in [0.1, 0.15) is 5.56 Å². The number of carbonyl (C=O) groups is 1. The van der Waals surface area contributed by atoms with Gasteiger partial charge in [0, 0.05) is 52.2 Å². The number of nitrogens with zero attached hydrogens (tertiary/aromatic N) is 6. The Kier molecular flexibility index (Phi) is 4.88. The molecule has 7 nitrogen and oxygen atoms in total. The highest BCUT2D eigenvalue weighted by Gasteiger charge is 2.22. The van der Waals surface area contributed by atoms with Crippen LogP contribution in [0, 0.1) is 0 Å². The summed E-state index contributed by atoms with van der Waals surface area (Å²) < 4.78 is 0. The van der Waals surface area contributed by atoms with Crippen molar-refractivity contribution in [3.8, 4) is 0 Å². The van der Waals surface area contributed by atoms with Crippen LogP contribution in [0.3, 0.4) is 0 Å². The van der Waals surface area contributed by atoms with Gasteiger partial charge in [0.2, 0.25) is 5.91 Å². The van der Waals surface area contributed by atoms with E-state index in [0.717, 1.165) is 37.7 Å². The number of pyridine rings is 1. The van der Waals surface area contributed by atoms with E-state index in [2.05, 4.69) is 19.9 Å². The van der Waals surface area contributed by atoms with Crippen LogP contribution < -0.4 is 9.80 Å². The minimum absolute atomic E-state index is 0.118. The summed E-state index contributed by atoms with van der Waals surface area (Å²) in [4.78, 5) is 30.5. The van der Waals surface area contributed by atoms with Crippen molar-refractivity contribution in [3.05, 3.63) is 42.5 Å². The van der Waals surface area contributed by atoms with Gasteiger partial charge in [0.1, 0.15) is 18.0 Å². The summed E-state index contributed by atoms with van der Waals surface area (Å²) in [5, 5.41) is 0. The third kappa shape index (κ3) is 3.79. The minimum atomic E-state index is 0.118. The summed E-state index contributed by atoms with van der Waals surface area (Å²) in [6, 6.07) is 6.00. The lowest BCUT2D eigenvalue weighted by Gasteiger charge is -2.33. The molecule has 0 spiro atoms. The first-order chi connectivity index (χ1) is 11.6. The Hall–Kier alpha value is -2.70. The second kappa shape index (κ2) is 7.25. The van der Waals surface area contributed by atoms with E-state index >= 15 is 0 Å². The van der Waals surface area contributed by atoms with Gasteiger partial charge in [-0.2, -0.15) is 0 Å². The van der Waals surface area contributed by atoms with Gasteiger partial charge in [-0.25, -0.2) is 9.97 Å². The van der Waals surface area contributed by atoms with Crippen LogP contribution in [0.25, 0.3) is 0 Å². The molecule has 1 fully saturated rings. The number of hydrogen-bond acceptors (Lipinski definition) is 6. The molecule has 3 rings (SSSR count). The fourth-order valence-electron chi connectivity index (χ4n) is 2.63. The van der Waals surface area contributed by atoms with Crippen LogP contribution >= 0.6 is 0 Å². The van der Waals surface area contributed by atoms with Crippen LogP contribution in [0.5, 0.6) is 0 Å². The van der Waals surface area contributed by atoms with Gasteiger partial charge in [0.05, 0.1) is 6.54 Å². The molecule has 0 unspecified atom stereocenters. The van der Waals surface area contributed by atoms with Gasteiger partial charge in [-0.15, -0.1) is 0 Å². The highest BCUT2D eigenvalue weighted by atomic mass is 16.2. The molecule has 0 radical (unpaired) electrons. The maximum Gasteiger partial charge on any atom is 0.241 e. The van der Waals surface area contributed by atoms with Crippen molar-refractivity contribution in [2.45, 2.75) is 6.42 Å². The molecule has 7 heteroatoms. The monoisotopic (exact) mass is 326 g/mol. The number of aromatic nitrogens is 3. The van der Waals surface area contributed by atoms with Crippen LogP contribution in [-0.4, -0.2) is 66.0 Å². The van der Waals surface area contributed by atoms with Crippen molar-refractivity contribution in [2.24, 2.45) is 0 Å². The summed E-state index contributed by atoms with van der Waals surface area (Å²) in [7, 11) is 3.85. The van der Waals surface area contributed by atoms with Crippen LogP contribution in [0.2, 0.25) is 0 Å². The van der Waals surface area contributed by atoms with Crippen molar-refractivity contribution in [3.63, 3.8) is 0 Å². The van der Waals surface area contributed by atoms with Crippen LogP contribution in [-0.2, 0) is 11.2 Å². The van der Waals surface area contributed by atoms with Gasteiger partial charge in [-0.3, -0.25) is 9.78 Å². The van der Waals surface area contributed by atoms with E-state index in [-0.39, 0.29) is 5.91 Å². The summed E-state index contributed by atoms with van der Waals surface area (Å²) in [5.74, 6) is 1.78. The van der Waals surface area contributed by atoms with E-state index in [0.29, 0.717) is 6.54 Å². The Morgan fingerprint density at radius 1 is 1.21 bits per heavy atom. The average molecular weight is 326 g/mol. The molecule has 126 valence electrons. The van der Waals surface area contributed by atoms with Gasteiger partial charge >= 0.3 is 0 Å². The van der Waals surface area contributed by atoms with Gasteiger partial charge in [-0.1, -0.05) is 0 Å². The van der Waals surface area contributed by atoms with E-state index in [1.807, 2.05) is 49.6 Å². The highest BCUT2D eigenvalue weighted by Crippen LogP contribution is 2.18. The van der Waals surface area contributed by atoms with E-state index in [1.165, 1.54) is 5.56 Å². The third-order valence-corrected chi connectivity index (χ3v) is 4.30. The zero-order valence-electron chi connectivity index (χ0n) is 14.1. The lowest BCUT2D eigenvalue weighted by Crippen LogP contribution is -2.48. The number of likely N-dealkylation sites (N-methyl/N-ethyl adjacent to an activating group) is 2. The van der Waals surface area contributed by atoms with E-state index in [9.17, 15) is 4.79 Å². The summed E-state index contributed by atoms with van der Waals surface area (Å²) in [6.07, 6.45) is 6.10. The summed E-state index contributed by atoms with van der Waals surface area (Å²) in [6.45, 7) is 2.73. The van der Waals surface area contributed by atoms with Crippen LogP contribution in [0.4, 0.5) is 11.6 Å². The molecule has 2 aromatic heterocycles. The second-order valence-electron chi connectivity index (χ2n) is 6.00. The highest BCUT2D eigenvalue weighted by molar-refractivity contribution is 5.82. The fourth-order valence-corrected chi connectivity index (χ4v) is 2.63. The molecular formula is C17H22N6O. The molecule has 3 heterocycles. The Morgan fingerprint density at radius 2 is 2.00 bits per heavy atom. The fraction of sp³-hybridized carbons (Fsp3) is 0.412. The van der Waals surface area contributed by atoms with Crippen LogP contribution in [0.15, 0.2) is 36.9 Å². The summed E-state index contributed by atoms with van der Waals surface area (Å²) in [5.41, 5.74) is 1.25. The minimum Gasteiger partial charge on any atom is -0.359 e. The average Bonchev–Trinajstić information content (AvgIpc) is 2.63. The first kappa shape index (κ1) is 16.2. The maximum atomic E-state index is 11.9. The molecule has 0 N–H and O–H groups in total. The van der Waals surface area contributed by atoms with Crippen molar-refractivity contribution < 1.29 is 4.79 Å². The quantitative estimate of drug-likeness (QED) is 0.811. The number of amides is 1. The molecular weight excluding hydrogens is 304 g/mol. The SMILES string of the molecule is CN1CCN(c2cc(N(C)CCc3ccncc3)ncn2)CC1=O. The molecule has 24 heavy (non-hydrogen) atoms.